The van der Waals surface area contributed by atoms with Crippen molar-refractivity contribution in [3.63, 3.8) is 0 Å². The fourth-order valence-electron chi connectivity index (χ4n) is 3.42. The molecule has 2 aromatic carbocycles. The Kier molecular flexibility index (Phi) is 7.12. The molecule has 1 fully saturated rings. The molecule has 0 aromatic heterocycles. The molecule has 0 saturated carbocycles. The molecule has 2 N–H and O–H groups in total. The molecule has 0 unspecified atom stereocenters. The normalized spacial score (nSPS) is 15.2. The quantitative estimate of drug-likeness (QED) is 0.705. The van der Waals surface area contributed by atoms with Crippen LogP contribution in [0.4, 0.5) is 11.4 Å². The predicted octanol–water partition coefficient (Wildman–Crippen LogP) is 2.36. The monoisotopic (exact) mass is 430 g/mol. The third-order valence-corrected chi connectivity index (χ3v) is 6.90. The molecule has 162 valence electrons. The van der Waals surface area contributed by atoms with E-state index in [-0.39, 0.29) is 23.8 Å². The van der Waals surface area contributed by atoms with Gasteiger partial charge in [0.2, 0.25) is 15.9 Å². The number of nitrogens with one attached hydrogen (secondary N) is 2. The molecule has 7 nitrogen and oxygen atoms in total. The number of carbonyl (C=O) groups is 1. The van der Waals surface area contributed by atoms with E-state index < -0.39 is 10.0 Å². The maximum absolute atomic E-state index is 12.5. The fourth-order valence-corrected chi connectivity index (χ4v) is 4.78. The highest BCUT2D eigenvalue weighted by molar-refractivity contribution is 7.89. The molecule has 8 heteroatoms. The Hall–Kier alpha value is -2.42. The first-order chi connectivity index (χ1) is 14.2. The average molecular weight is 431 g/mol. The van der Waals surface area contributed by atoms with Crippen LogP contribution >= 0.6 is 0 Å². The minimum absolute atomic E-state index is 0.0426. The first kappa shape index (κ1) is 22.3. The van der Waals surface area contributed by atoms with Gasteiger partial charge >= 0.3 is 0 Å². The molecule has 0 radical (unpaired) electrons. The van der Waals surface area contributed by atoms with Gasteiger partial charge in [0, 0.05) is 50.5 Å². The summed E-state index contributed by atoms with van der Waals surface area (Å²) in [6.45, 7) is 7.70. The second-order valence-electron chi connectivity index (χ2n) is 7.80. The number of anilines is 2. The van der Waals surface area contributed by atoms with Crippen LogP contribution in [-0.2, 0) is 14.8 Å². The smallest absolute Gasteiger partial charge is 0.240 e. The van der Waals surface area contributed by atoms with Crippen LogP contribution in [0.5, 0.6) is 0 Å². The summed E-state index contributed by atoms with van der Waals surface area (Å²) in [7, 11) is -1.52. The molecule has 1 heterocycles. The molecule has 0 spiro atoms. The van der Waals surface area contributed by atoms with Crippen LogP contribution in [0.15, 0.2) is 47.4 Å². The SMILES string of the molecule is Cc1ccc(C)c(S(=O)(=O)NCCC(=O)Nc2ccc(N3CCN(C)CC3)cc2)c1. The molecule has 1 aliphatic rings. The molecule has 0 bridgehead atoms. The van der Waals surface area contributed by atoms with Crippen molar-refractivity contribution in [3.8, 4) is 0 Å². The molecule has 0 aliphatic carbocycles. The van der Waals surface area contributed by atoms with Crippen LogP contribution in [-0.4, -0.2) is 59.0 Å². The number of amides is 1. The number of hydrogen-bond acceptors (Lipinski definition) is 5. The standard InChI is InChI=1S/C22H30N4O3S/c1-17-4-5-18(2)21(16-17)30(28,29)23-11-10-22(27)24-19-6-8-20(9-7-19)26-14-12-25(3)13-15-26/h4-9,16,23H,10-15H2,1-3H3,(H,24,27). The van der Waals surface area contributed by atoms with E-state index >= 15 is 0 Å². The lowest BCUT2D eigenvalue weighted by Crippen LogP contribution is -2.44. The topological polar surface area (TPSA) is 81.7 Å². The Morgan fingerprint density at radius 1 is 1.00 bits per heavy atom. The summed E-state index contributed by atoms with van der Waals surface area (Å²) in [4.78, 5) is 17.1. The number of sulfonamides is 1. The summed E-state index contributed by atoms with van der Waals surface area (Å²) in [6, 6.07) is 13.1. The lowest BCUT2D eigenvalue weighted by Gasteiger charge is -2.34. The van der Waals surface area contributed by atoms with Crippen molar-refractivity contribution in [3.05, 3.63) is 53.6 Å². The Balaban J connectivity index is 1.49. The van der Waals surface area contributed by atoms with Crippen molar-refractivity contribution in [2.24, 2.45) is 0 Å². The summed E-state index contributed by atoms with van der Waals surface area (Å²) in [5.41, 5.74) is 3.40. The van der Waals surface area contributed by atoms with Gasteiger partial charge in [-0.15, -0.1) is 0 Å². The van der Waals surface area contributed by atoms with Crippen LogP contribution in [0.2, 0.25) is 0 Å². The number of carbonyl (C=O) groups excluding carboxylic acids is 1. The zero-order valence-corrected chi connectivity index (χ0v) is 18.6. The molecule has 30 heavy (non-hydrogen) atoms. The third-order valence-electron chi connectivity index (χ3n) is 5.30. The maximum Gasteiger partial charge on any atom is 0.240 e. The number of likely N-dealkylation sites (N-methyl/N-ethyl adjacent to an activating group) is 1. The van der Waals surface area contributed by atoms with Crippen molar-refractivity contribution in [2.45, 2.75) is 25.2 Å². The summed E-state index contributed by atoms with van der Waals surface area (Å²) >= 11 is 0. The summed E-state index contributed by atoms with van der Waals surface area (Å²) < 4.78 is 27.5. The van der Waals surface area contributed by atoms with Gasteiger partial charge in [0.25, 0.3) is 0 Å². The molecule has 3 rings (SSSR count). The van der Waals surface area contributed by atoms with Gasteiger partial charge in [0.1, 0.15) is 0 Å². The van der Waals surface area contributed by atoms with Gasteiger partial charge in [-0.05, 0) is 62.4 Å². The number of hydrogen-bond donors (Lipinski definition) is 2. The number of benzene rings is 2. The Morgan fingerprint density at radius 3 is 2.33 bits per heavy atom. The highest BCUT2D eigenvalue weighted by Gasteiger charge is 2.17. The Morgan fingerprint density at radius 2 is 1.67 bits per heavy atom. The van der Waals surface area contributed by atoms with Crippen molar-refractivity contribution < 1.29 is 13.2 Å². The van der Waals surface area contributed by atoms with Crippen LogP contribution in [0.3, 0.4) is 0 Å². The molecule has 0 atom stereocenters. The molecule has 1 amide bonds. The van der Waals surface area contributed by atoms with Gasteiger partial charge in [0.05, 0.1) is 4.90 Å². The van der Waals surface area contributed by atoms with E-state index in [2.05, 4.69) is 26.9 Å². The molecule has 2 aromatic rings. The third kappa shape index (κ3) is 5.81. The second-order valence-corrected chi connectivity index (χ2v) is 9.54. The van der Waals surface area contributed by atoms with Crippen LogP contribution in [0.1, 0.15) is 17.5 Å². The molecule has 1 aliphatic heterocycles. The molecular weight excluding hydrogens is 400 g/mol. The second kappa shape index (κ2) is 9.59. The predicted molar refractivity (Wildman–Crippen MR) is 121 cm³/mol. The largest absolute Gasteiger partial charge is 0.369 e. The minimum Gasteiger partial charge on any atom is -0.369 e. The van der Waals surface area contributed by atoms with E-state index in [4.69, 9.17) is 0 Å². The van der Waals surface area contributed by atoms with Gasteiger partial charge in [-0.1, -0.05) is 12.1 Å². The highest BCUT2D eigenvalue weighted by Crippen LogP contribution is 2.20. The van der Waals surface area contributed by atoms with Gasteiger partial charge in [-0.3, -0.25) is 4.79 Å². The van der Waals surface area contributed by atoms with E-state index in [0.717, 1.165) is 37.4 Å². The van der Waals surface area contributed by atoms with Crippen molar-refractivity contribution in [1.29, 1.82) is 0 Å². The summed E-state index contributed by atoms with van der Waals surface area (Å²) in [5, 5.41) is 2.83. The highest BCUT2D eigenvalue weighted by atomic mass is 32.2. The number of aryl methyl sites for hydroxylation is 2. The Bertz CT molecular complexity index is 982. The Labute approximate surface area is 179 Å². The van der Waals surface area contributed by atoms with E-state index in [1.54, 1.807) is 19.1 Å². The van der Waals surface area contributed by atoms with E-state index in [1.807, 2.05) is 37.3 Å². The number of piperazine rings is 1. The van der Waals surface area contributed by atoms with E-state index in [1.165, 1.54) is 0 Å². The van der Waals surface area contributed by atoms with Crippen LogP contribution in [0, 0.1) is 13.8 Å². The van der Waals surface area contributed by atoms with Crippen LogP contribution < -0.4 is 14.9 Å². The van der Waals surface area contributed by atoms with Crippen molar-refractivity contribution in [2.75, 3.05) is 50.0 Å². The number of nitrogens with zero attached hydrogens (tertiary/aromatic N) is 2. The van der Waals surface area contributed by atoms with Gasteiger partial charge in [-0.2, -0.15) is 0 Å². The van der Waals surface area contributed by atoms with Crippen LogP contribution in [0.25, 0.3) is 0 Å². The minimum atomic E-state index is -3.64. The van der Waals surface area contributed by atoms with Gasteiger partial charge in [-0.25, -0.2) is 13.1 Å². The summed E-state index contributed by atoms with van der Waals surface area (Å²) in [5.74, 6) is -0.231. The molecule has 1 saturated heterocycles. The lowest BCUT2D eigenvalue weighted by molar-refractivity contribution is -0.116. The van der Waals surface area contributed by atoms with E-state index in [0.29, 0.717) is 11.3 Å². The zero-order chi connectivity index (χ0) is 21.7. The van der Waals surface area contributed by atoms with E-state index in [9.17, 15) is 13.2 Å². The molecular formula is C22H30N4O3S. The zero-order valence-electron chi connectivity index (χ0n) is 17.8. The maximum atomic E-state index is 12.5. The first-order valence-corrected chi connectivity index (χ1v) is 11.6. The lowest BCUT2D eigenvalue weighted by atomic mass is 10.2. The summed E-state index contributed by atoms with van der Waals surface area (Å²) in [6.07, 6.45) is 0.0598. The van der Waals surface area contributed by atoms with Crippen molar-refractivity contribution >= 4 is 27.3 Å². The van der Waals surface area contributed by atoms with Gasteiger partial charge in [0.15, 0.2) is 0 Å². The number of rotatable bonds is 7. The van der Waals surface area contributed by atoms with Gasteiger partial charge < -0.3 is 15.1 Å². The fraction of sp³-hybridized carbons (Fsp3) is 0.409. The first-order valence-electron chi connectivity index (χ1n) is 10.1. The van der Waals surface area contributed by atoms with Crippen molar-refractivity contribution in [1.82, 2.24) is 9.62 Å². The average Bonchev–Trinajstić information content (AvgIpc) is 2.71.